The summed E-state index contributed by atoms with van der Waals surface area (Å²) in [5.41, 5.74) is 4.13. The number of fused-ring (bicyclic) bond motifs is 1. The monoisotopic (exact) mass is 454 g/mol. The van der Waals surface area contributed by atoms with E-state index in [4.69, 9.17) is 0 Å². The zero-order valence-corrected chi connectivity index (χ0v) is 17.9. The summed E-state index contributed by atoms with van der Waals surface area (Å²) in [6.45, 7) is 0. The van der Waals surface area contributed by atoms with Crippen LogP contribution in [0.3, 0.4) is 0 Å². The van der Waals surface area contributed by atoms with Crippen molar-refractivity contribution in [1.82, 2.24) is 0 Å². The lowest BCUT2D eigenvalue weighted by molar-refractivity contribution is 0.444. The average molecular weight is 454 g/mol. The normalized spacial score (nSPS) is 18.2. The summed E-state index contributed by atoms with van der Waals surface area (Å²) < 4.78 is 0. The molecule has 5 rings (SSSR count). The smallest absolute Gasteiger partial charge is 0.123 e. The minimum Gasteiger partial charge on any atom is -0.508 e. The highest BCUT2D eigenvalue weighted by atomic mass is 16.3. The number of hydrogen-bond acceptors (Lipinski definition) is 6. The van der Waals surface area contributed by atoms with Gasteiger partial charge < -0.3 is 30.6 Å². The van der Waals surface area contributed by atoms with Crippen LogP contribution in [0.4, 0.5) is 0 Å². The Balaban J connectivity index is 1.82. The summed E-state index contributed by atoms with van der Waals surface area (Å²) in [5.74, 6) is -1.07. The van der Waals surface area contributed by atoms with Crippen molar-refractivity contribution < 1.29 is 30.6 Å². The van der Waals surface area contributed by atoms with Gasteiger partial charge in [0.05, 0.1) is 0 Å². The van der Waals surface area contributed by atoms with Crippen LogP contribution in [0.1, 0.15) is 39.7 Å². The number of aromatic hydroxyl groups is 6. The summed E-state index contributed by atoms with van der Waals surface area (Å²) in [6.07, 6.45) is 1.89. The van der Waals surface area contributed by atoms with Crippen LogP contribution in [-0.4, -0.2) is 30.6 Å². The van der Waals surface area contributed by atoms with E-state index < -0.39 is 11.8 Å². The minimum atomic E-state index is -0.459. The fourth-order valence-corrected chi connectivity index (χ4v) is 4.83. The van der Waals surface area contributed by atoms with Crippen molar-refractivity contribution in [3.8, 4) is 34.5 Å². The fourth-order valence-electron chi connectivity index (χ4n) is 4.83. The van der Waals surface area contributed by atoms with E-state index in [1.807, 2.05) is 6.08 Å². The molecule has 0 heterocycles. The molecule has 0 aliphatic heterocycles. The average Bonchev–Trinajstić information content (AvgIpc) is 3.09. The summed E-state index contributed by atoms with van der Waals surface area (Å²) in [5, 5.41) is 61.2. The number of rotatable bonds is 3. The molecule has 0 spiro atoms. The van der Waals surface area contributed by atoms with Crippen molar-refractivity contribution in [2.75, 3.05) is 0 Å². The van der Waals surface area contributed by atoms with Crippen molar-refractivity contribution in [2.45, 2.75) is 11.8 Å². The standard InChI is InChI=1S/C28H22O6/c29-18-5-1-15(2-6-18)9-23-24-13-22(33)14-25(34)28(24)27(16-3-7-19(30)8-4-16)26(23)17-10-20(31)12-21(32)11-17/h1-14,26-27,29-34H/t26-,27-/m1/s1. The van der Waals surface area contributed by atoms with Gasteiger partial charge in [0.15, 0.2) is 0 Å². The van der Waals surface area contributed by atoms with E-state index in [2.05, 4.69) is 0 Å². The lowest BCUT2D eigenvalue weighted by Crippen LogP contribution is -2.08. The van der Waals surface area contributed by atoms with Gasteiger partial charge in [-0.1, -0.05) is 30.3 Å². The van der Waals surface area contributed by atoms with Crippen molar-refractivity contribution in [3.05, 3.63) is 107 Å². The van der Waals surface area contributed by atoms with Gasteiger partial charge in [0.2, 0.25) is 0 Å². The predicted molar refractivity (Wildman–Crippen MR) is 128 cm³/mol. The zero-order valence-electron chi connectivity index (χ0n) is 17.9. The highest BCUT2D eigenvalue weighted by Crippen LogP contribution is 2.58. The largest absolute Gasteiger partial charge is 0.508 e. The zero-order chi connectivity index (χ0) is 24.0. The second-order valence-corrected chi connectivity index (χ2v) is 8.45. The van der Waals surface area contributed by atoms with E-state index in [0.717, 1.165) is 16.7 Å². The Morgan fingerprint density at radius 3 is 1.68 bits per heavy atom. The van der Waals surface area contributed by atoms with Gasteiger partial charge in [-0.25, -0.2) is 0 Å². The Kier molecular flexibility index (Phi) is 5.06. The molecule has 6 N–H and O–H groups in total. The van der Waals surface area contributed by atoms with Gasteiger partial charge >= 0.3 is 0 Å². The van der Waals surface area contributed by atoms with E-state index >= 15 is 0 Å². The molecule has 170 valence electrons. The van der Waals surface area contributed by atoms with Crippen LogP contribution in [0.5, 0.6) is 34.5 Å². The van der Waals surface area contributed by atoms with Gasteiger partial charge in [0, 0.05) is 29.5 Å². The molecule has 6 nitrogen and oxygen atoms in total. The molecule has 4 aromatic carbocycles. The van der Waals surface area contributed by atoms with Crippen LogP contribution >= 0.6 is 0 Å². The van der Waals surface area contributed by atoms with Crippen LogP contribution in [0, 0.1) is 0 Å². The third kappa shape index (κ3) is 3.75. The van der Waals surface area contributed by atoms with Gasteiger partial charge in [-0.3, -0.25) is 0 Å². The molecule has 0 saturated heterocycles. The summed E-state index contributed by atoms with van der Waals surface area (Å²) in [7, 11) is 0. The van der Waals surface area contributed by atoms with E-state index in [0.29, 0.717) is 16.7 Å². The van der Waals surface area contributed by atoms with Gasteiger partial charge in [0.25, 0.3) is 0 Å². The van der Waals surface area contributed by atoms with Crippen molar-refractivity contribution in [2.24, 2.45) is 0 Å². The van der Waals surface area contributed by atoms with Gasteiger partial charge in [0.1, 0.15) is 34.5 Å². The first-order valence-electron chi connectivity index (χ1n) is 10.7. The third-order valence-electron chi connectivity index (χ3n) is 6.18. The minimum absolute atomic E-state index is 0.0865. The molecule has 0 saturated carbocycles. The molecule has 0 fully saturated rings. The molecule has 2 atom stereocenters. The Bertz CT molecular complexity index is 1380. The second-order valence-electron chi connectivity index (χ2n) is 8.45. The van der Waals surface area contributed by atoms with Crippen LogP contribution in [0.2, 0.25) is 0 Å². The number of allylic oxidation sites excluding steroid dienone is 1. The SMILES string of the molecule is Oc1ccc(C=C2c3cc(O)cc(O)c3[C@H](c3ccc(O)cc3)[C@@H]2c2cc(O)cc(O)c2)cc1. The molecule has 4 aromatic rings. The molecule has 0 aromatic heterocycles. The van der Waals surface area contributed by atoms with Crippen LogP contribution < -0.4 is 0 Å². The molecule has 1 aliphatic carbocycles. The molecule has 0 unspecified atom stereocenters. The Morgan fingerprint density at radius 1 is 0.500 bits per heavy atom. The summed E-state index contributed by atoms with van der Waals surface area (Å²) in [6, 6.07) is 20.5. The molecule has 0 bridgehead atoms. The topological polar surface area (TPSA) is 121 Å². The number of hydrogen-bond donors (Lipinski definition) is 6. The van der Waals surface area contributed by atoms with Crippen LogP contribution in [0.15, 0.2) is 78.9 Å². The highest BCUT2D eigenvalue weighted by Gasteiger charge is 2.41. The Hall–Kier alpha value is -4.58. The van der Waals surface area contributed by atoms with Crippen molar-refractivity contribution in [1.29, 1.82) is 0 Å². The number of benzene rings is 4. The van der Waals surface area contributed by atoms with E-state index in [1.165, 1.54) is 12.1 Å². The van der Waals surface area contributed by atoms with Crippen molar-refractivity contribution >= 4 is 11.6 Å². The fraction of sp³-hybridized carbons (Fsp3) is 0.0714. The maximum absolute atomic E-state index is 10.9. The first-order chi connectivity index (χ1) is 16.3. The lowest BCUT2D eigenvalue weighted by atomic mass is 9.79. The first kappa shape index (κ1) is 21.3. The molecule has 1 aliphatic rings. The van der Waals surface area contributed by atoms with Crippen LogP contribution in [0.25, 0.3) is 11.6 Å². The quantitative estimate of drug-likeness (QED) is 0.247. The molecule has 34 heavy (non-hydrogen) atoms. The number of phenolic OH excluding ortho intramolecular Hbond substituents is 6. The Morgan fingerprint density at radius 2 is 1.06 bits per heavy atom. The maximum atomic E-state index is 10.9. The predicted octanol–water partition coefficient (Wildman–Crippen LogP) is 5.39. The third-order valence-corrected chi connectivity index (χ3v) is 6.18. The molecule has 6 heteroatoms. The Labute approximate surface area is 195 Å². The second kappa shape index (κ2) is 8.08. The maximum Gasteiger partial charge on any atom is 0.123 e. The molecular weight excluding hydrogens is 432 g/mol. The summed E-state index contributed by atoms with van der Waals surface area (Å²) >= 11 is 0. The van der Waals surface area contributed by atoms with Gasteiger partial charge in [-0.15, -0.1) is 0 Å². The molecule has 0 radical (unpaired) electrons. The summed E-state index contributed by atoms with van der Waals surface area (Å²) in [4.78, 5) is 0. The lowest BCUT2D eigenvalue weighted by Gasteiger charge is -2.23. The van der Waals surface area contributed by atoms with E-state index in [-0.39, 0.29) is 34.5 Å². The van der Waals surface area contributed by atoms with Crippen LogP contribution in [-0.2, 0) is 0 Å². The first-order valence-corrected chi connectivity index (χ1v) is 10.7. The molecular formula is C28H22O6. The molecule has 0 amide bonds. The van der Waals surface area contributed by atoms with Crippen molar-refractivity contribution in [3.63, 3.8) is 0 Å². The number of phenols is 6. The highest BCUT2D eigenvalue weighted by molar-refractivity contribution is 5.93. The van der Waals surface area contributed by atoms with E-state index in [1.54, 1.807) is 66.7 Å². The van der Waals surface area contributed by atoms with Gasteiger partial charge in [-0.2, -0.15) is 0 Å². The van der Waals surface area contributed by atoms with E-state index in [9.17, 15) is 30.6 Å². The van der Waals surface area contributed by atoms with Gasteiger partial charge in [-0.05, 0) is 70.3 Å².